The Morgan fingerprint density at radius 2 is 0.768 bits per heavy atom. The van der Waals surface area contributed by atoms with E-state index in [1.807, 2.05) is 43.3 Å². The van der Waals surface area contributed by atoms with Crippen LogP contribution < -0.4 is 70.4 Å². The molecule has 0 bridgehead atoms. The van der Waals surface area contributed by atoms with Gasteiger partial charge in [0.25, 0.3) is 0 Å². The zero-order valence-corrected chi connectivity index (χ0v) is 63.7. The van der Waals surface area contributed by atoms with Gasteiger partial charge in [-0.15, -0.1) is 0 Å². The molecule has 3 aliphatic heterocycles. The molecule has 0 unspecified atom stereocenters. The maximum absolute atomic E-state index is 12.3. The molecular formula is C71H108N28O13. The van der Waals surface area contributed by atoms with E-state index in [0.717, 1.165) is 146 Å². The van der Waals surface area contributed by atoms with E-state index in [9.17, 15) is 64.7 Å². The summed E-state index contributed by atoms with van der Waals surface area (Å²) in [5.74, 6) is 2.83. The molecule has 12 rings (SSSR count). The second kappa shape index (κ2) is 42.6. The van der Waals surface area contributed by atoms with Crippen molar-refractivity contribution >= 4 is 99.0 Å². The van der Waals surface area contributed by atoms with Crippen LogP contribution in [0.1, 0.15) is 134 Å². The summed E-state index contributed by atoms with van der Waals surface area (Å²) >= 11 is 0. The van der Waals surface area contributed by atoms with Gasteiger partial charge in [-0.1, -0.05) is 12.1 Å². The van der Waals surface area contributed by atoms with E-state index < -0.39 is 25.8 Å². The molecule has 5 aromatic rings. The first-order valence-electron chi connectivity index (χ1n) is 38.6. The number of benzene rings is 1. The monoisotopic (exact) mass is 1560 g/mol. The third kappa shape index (κ3) is 27.0. The summed E-state index contributed by atoms with van der Waals surface area (Å²) < 4.78 is 0. The van der Waals surface area contributed by atoms with E-state index in [1.54, 1.807) is 9.80 Å². The molecule has 112 heavy (non-hydrogen) atoms. The number of piperidine rings is 1. The average molecular weight is 1560 g/mol. The molecule has 7 heterocycles. The Balaban J connectivity index is 0.000000172. The summed E-state index contributed by atoms with van der Waals surface area (Å²) in [7, 11) is 3.99. The van der Waals surface area contributed by atoms with E-state index >= 15 is 0 Å². The SMILES string of the molecule is CN(C)c1ccc(CNc2ncc([N+](=O)[O-])c(NCC3CCC(N)CC3)n2)cc1.NC1CCC(CNc2nc(NCC(=O)N3CCC3)ncc2[N+](=O)[O-])CC1.NC1CCC(CNc2nc(NCC(=O)N3CCCC(=O)C3)ncc2[N+](=O)[O-])CC1.NC1CCC(CNc2nc(NCC(=O)N3CC[C@H](O)C3)ncc2[N+](=O)[O-])CC1. The van der Waals surface area contributed by atoms with Crippen molar-refractivity contribution in [2.45, 2.75) is 165 Å². The number of aromatic nitrogens is 8. The molecule has 41 heteroatoms. The van der Waals surface area contributed by atoms with Crippen LogP contribution in [0, 0.1) is 64.1 Å². The quantitative estimate of drug-likeness (QED) is 0.0216. The predicted octanol–water partition coefficient (Wildman–Crippen LogP) is 5.19. The van der Waals surface area contributed by atoms with Gasteiger partial charge in [-0.25, -0.2) is 19.9 Å². The van der Waals surface area contributed by atoms with Crippen LogP contribution in [0.3, 0.4) is 0 Å². The number of rotatable bonds is 29. The third-order valence-electron chi connectivity index (χ3n) is 21.1. The van der Waals surface area contributed by atoms with Gasteiger partial charge >= 0.3 is 22.7 Å². The van der Waals surface area contributed by atoms with Crippen molar-refractivity contribution in [2.75, 3.05) is 147 Å². The van der Waals surface area contributed by atoms with Gasteiger partial charge in [0.05, 0.1) is 52.0 Å². The molecule has 7 aliphatic rings. The minimum absolute atomic E-state index is 0.0220. The number of nitrogens with one attached hydrogen (secondary N) is 8. The van der Waals surface area contributed by atoms with Gasteiger partial charge in [0, 0.05) is 116 Å². The second-order valence-corrected chi connectivity index (χ2v) is 29.8. The van der Waals surface area contributed by atoms with Crippen molar-refractivity contribution in [3.8, 4) is 0 Å². The number of nitro groups is 4. The minimum atomic E-state index is -0.534. The number of hydrogen-bond acceptors (Lipinski definition) is 34. The molecule has 17 N–H and O–H groups in total. The topological polar surface area (TPSA) is 577 Å². The number of amides is 3. The van der Waals surface area contributed by atoms with Crippen LogP contribution in [0.4, 0.5) is 75.5 Å². The first kappa shape index (κ1) is 85.2. The van der Waals surface area contributed by atoms with Gasteiger partial charge in [0.2, 0.25) is 64.8 Å². The summed E-state index contributed by atoms with van der Waals surface area (Å²) in [6.45, 7) is 5.96. The molecule has 41 nitrogen and oxygen atoms in total. The Morgan fingerprint density at radius 3 is 1.06 bits per heavy atom. The zero-order valence-electron chi connectivity index (χ0n) is 63.7. The molecule has 4 saturated carbocycles. The molecule has 0 radical (unpaired) electrons. The molecule has 1 aromatic carbocycles. The van der Waals surface area contributed by atoms with Crippen LogP contribution in [0.25, 0.3) is 0 Å². The predicted molar refractivity (Wildman–Crippen MR) is 421 cm³/mol. The number of hydrogen-bond donors (Lipinski definition) is 13. The van der Waals surface area contributed by atoms with Crippen molar-refractivity contribution in [1.82, 2.24) is 54.6 Å². The van der Waals surface area contributed by atoms with Gasteiger partial charge in [-0.2, -0.15) is 19.9 Å². The van der Waals surface area contributed by atoms with E-state index in [-0.39, 0.29) is 138 Å². The van der Waals surface area contributed by atoms with Crippen LogP contribution in [-0.2, 0) is 25.7 Å². The number of aliphatic hydroxyl groups excluding tert-OH is 1. The lowest BCUT2D eigenvalue weighted by Crippen LogP contribution is -2.44. The molecule has 1 atom stereocenters. The number of anilines is 9. The van der Waals surface area contributed by atoms with E-state index in [2.05, 4.69) is 82.4 Å². The molecule has 610 valence electrons. The number of nitrogens with zero attached hydrogens (tertiary/aromatic N) is 16. The van der Waals surface area contributed by atoms with Crippen molar-refractivity contribution < 1.29 is 44.0 Å². The molecule has 3 amide bonds. The Labute approximate surface area is 648 Å². The number of nitrogens with two attached hydrogens (primary N) is 4. The van der Waals surface area contributed by atoms with Gasteiger partial charge in [0.15, 0.2) is 5.78 Å². The van der Waals surface area contributed by atoms with E-state index in [0.29, 0.717) is 101 Å². The van der Waals surface area contributed by atoms with E-state index in [1.165, 1.54) is 17.3 Å². The Hall–Kier alpha value is -10.8. The molecule has 4 aromatic heterocycles. The summed E-state index contributed by atoms with van der Waals surface area (Å²) in [4.78, 5) is 131. The fourth-order valence-electron chi connectivity index (χ4n) is 13.9. The number of likely N-dealkylation sites (tertiary alicyclic amines) is 3. The molecule has 4 aliphatic carbocycles. The van der Waals surface area contributed by atoms with Crippen molar-refractivity contribution in [3.63, 3.8) is 0 Å². The molecular weight excluding hydrogens is 1450 g/mol. The highest BCUT2D eigenvalue weighted by Gasteiger charge is 2.30. The van der Waals surface area contributed by atoms with Crippen LogP contribution in [0.15, 0.2) is 49.1 Å². The van der Waals surface area contributed by atoms with Gasteiger partial charge in [0.1, 0.15) is 24.8 Å². The number of carbonyl (C=O) groups excluding carboxylic acids is 4. The third-order valence-corrected chi connectivity index (χ3v) is 21.1. The Morgan fingerprint density at radius 1 is 0.446 bits per heavy atom. The molecule has 0 spiro atoms. The highest BCUT2D eigenvalue weighted by molar-refractivity contribution is 5.89. The Bertz CT molecular complexity index is 3950. The lowest BCUT2D eigenvalue weighted by Gasteiger charge is -2.30. The lowest BCUT2D eigenvalue weighted by molar-refractivity contribution is -0.384. The van der Waals surface area contributed by atoms with Gasteiger partial charge < -0.3 is 90.2 Å². The first-order valence-corrected chi connectivity index (χ1v) is 38.6. The summed E-state index contributed by atoms with van der Waals surface area (Å²) in [5.41, 5.74) is 25.2. The van der Waals surface area contributed by atoms with Crippen LogP contribution in [0.5, 0.6) is 0 Å². The summed E-state index contributed by atoms with van der Waals surface area (Å²) in [5, 5.41) is 78.6. The van der Waals surface area contributed by atoms with E-state index in [4.69, 9.17) is 22.9 Å². The number of Topliss-reactive ketones (excluding diaryl/α,β-unsaturated/α-hetero) is 1. The maximum atomic E-state index is 12.3. The Kier molecular flexibility index (Phi) is 32.4. The molecule has 3 saturated heterocycles. The fourth-order valence-corrected chi connectivity index (χ4v) is 13.9. The maximum Gasteiger partial charge on any atom is 0.329 e. The largest absolute Gasteiger partial charge is 0.391 e. The highest BCUT2D eigenvalue weighted by Crippen LogP contribution is 2.32. The lowest BCUT2D eigenvalue weighted by atomic mass is 9.86. The van der Waals surface area contributed by atoms with Crippen molar-refractivity contribution in [3.05, 3.63) is 95.1 Å². The standard InChI is InChI=1S/C20H29N7O2.C18H27N7O4.C17H27N7O4.C16H25N7O3/c1-26(2)17-9-5-15(6-10-17)12-23-20-24-13-18(27(28)29)19(25-20)22-11-14-3-7-16(21)8-4-14;19-13-5-3-12(4-6-13)8-20-17-15(25(28)29)9-21-18(23-17)22-10-16(27)24-7-1-2-14(26)11-24;18-12-3-1-11(2-4-12)7-19-16-14(24(27)28)8-20-17(22-16)21-9-15(26)23-6-5-13(25)10-23;17-12-4-2-11(3-5-12)8-18-15-13(23(25)26)9-19-16(21-15)20-10-14(24)22-6-1-7-22/h5-6,9-10,13-14,16H,3-4,7-8,11-12,21H2,1-2H3,(H2,22,23,24,25);9,12-13H,1-8,10-11,19H2,(H2,20,21,22,23);8,11-13,25H,1-7,9-10,18H2,(H2,19,20,21,22);9,11-12H,1-8,10,17H2,(H2,18,19,20,21)/t;;11?,12?,13-;/m..0./s1. The van der Waals surface area contributed by atoms with Crippen molar-refractivity contribution in [2.24, 2.45) is 46.6 Å². The zero-order chi connectivity index (χ0) is 80.2. The van der Waals surface area contributed by atoms with Crippen molar-refractivity contribution in [1.29, 1.82) is 0 Å². The summed E-state index contributed by atoms with van der Waals surface area (Å²) in [6, 6.07) is 9.16. The number of aliphatic hydroxyl groups is 1. The summed E-state index contributed by atoms with van der Waals surface area (Å²) in [6.07, 6.45) is 22.7. The first-order chi connectivity index (χ1) is 53.8. The number of carbonyl (C=O) groups is 4. The second-order valence-electron chi connectivity index (χ2n) is 29.8. The van der Waals surface area contributed by atoms with Crippen LogP contribution in [0.2, 0.25) is 0 Å². The number of β-amino-alcohol motifs (C(OH)–C–C–N with tert-alkyl or cyclic N) is 1. The minimum Gasteiger partial charge on any atom is -0.391 e. The normalized spacial score (nSPS) is 22.0. The van der Waals surface area contributed by atoms with Gasteiger partial charge in [-0.3, -0.25) is 59.6 Å². The van der Waals surface area contributed by atoms with Crippen LogP contribution in [-0.4, -0.2) is 232 Å². The highest BCUT2D eigenvalue weighted by atomic mass is 16.6. The fraction of sp³-hybridized carbons (Fsp3) is 0.634. The average Bonchev–Trinajstić information content (AvgIpc) is 0.981. The van der Waals surface area contributed by atoms with Gasteiger partial charge in [-0.05, 0) is 163 Å². The number of ketones is 1. The van der Waals surface area contributed by atoms with Crippen LogP contribution >= 0.6 is 0 Å². The smallest absolute Gasteiger partial charge is 0.329 e. The molecule has 7 fully saturated rings.